The van der Waals surface area contributed by atoms with Crippen molar-refractivity contribution in [2.24, 2.45) is 0 Å². The normalized spacial score (nSPS) is 22.6. The van der Waals surface area contributed by atoms with Gasteiger partial charge in [0, 0.05) is 13.0 Å². The topological polar surface area (TPSA) is 30.5 Å². The number of hydrogen-bond donors (Lipinski definition) is 1. The SMILES string of the molecule is c1cc2c(cc1CCOC1CCCNC1)CCO2. The highest BCUT2D eigenvalue weighted by atomic mass is 16.5. The molecule has 2 aliphatic heterocycles. The summed E-state index contributed by atoms with van der Waals surface area (Å²) < 4.78 is 11.4. The maximum atomic E-state index is 5.91. The van der Waals surface area contributed by atoms with Crippen LogP contribution in [0.3, 0.4) is 0 Å². The molecule has 1 aromatic carbocycles. The van der Waals surface area contributed by atoms with Crippen LogP contribution in [0.15, 0.2) is 18.2 Å². The van der Waals surface area contributed by atoms with Crippen LogP contribution in [0.5, 0.6) is 5.75 Å². The number of hydrogen-bond acceptors (Lipinski definition) is 3. The van der Waals surface area contributed by atoms with Crippen molar-refractivity contribution in [3.63, 3.8) is 0 Å². The number of piperidine rings is 1. The summed E-state index contributed by atoms with van der Waals surface area (Å²) in [6.07, 6.45) is 4.91. The Morgan fingerprint density at radius 3 is 3.28 bits per heavy atom. The monoisotopic (exact) mass is 247 g/mol. The molecule has 0 aromatic heterocycles. The fourth-order valence-electron chi connectivity index (χ4n) is 2.70. The van der Waals surface area contributed by atoms with Crippen LogP contribution in [0.25, 0.3) is 0 Å². The molecule has 0 radical (unpaired) electrons. The number of fused-ring (bicyclic) bond motifs is 1. The second kappa shape index (κ2) is 5.72. The lowest BCUT2D eigenvalue weighted by molar-refractivity contribution is 0.0390. The molecule has 2 aliphatic rings. The third-order valence-electron chi connectivity index (χ3n) is 3.75. The molecule has 18 heavy (non-hydrogen) atoms. The lowest BCUT2D eigenvalue weighted by Crippen LogP contribution is -2.35. The van der Waals surface area contributed by atoms with Gasteiger partial charge >= 0.3 is 0 Å². The van der Waals surface area contributed by atoms with Crippen molar-refractivity contribution < 1.29 is 9.47 Å². The van der Waals surface area contributed by atoms with Gasteiger partial charge in [0.05, 0.1) is 19.3 Å². The Morgan fingerprint density at radius 2 is 2.39 bits per heavy atom. The highest BCUT2D eigenvalue weighted by Gasteiger charge is 2.14. The van der Waals surface area contributed by atoms with E-state index in [0.717, 1.165) is 44.9 Å². The predicted molar refractivity (Wildman–Crippen MR) is 71.2 cm³/mol. The maximum absolute atomic E-state index is 5.91. The number of rotatable bonds is 4. The molecule has 0 bridgehead atoms. The standard InChI is InChI=1S/C15H21NO2/c1-2-14(11-16-7-1)17-8-5-12-3-4-15-13(10-12)6-9-18-15/h3-4,10,14,16H,1-2,5-9,11H2. The molecule has 1 aromatic rings. The molecule has 1 N–H and O–H groups in total. The van der Waals surface area contributed by atoms with Crippen LogP contribution in [-0.2, 0) is 17.6 Å². The van der Waals surface area contributed by atoms with Crippen LogP contribution in [-0.4, -0.2) is 32.4 Å². The molecule has 98 valence electrons. The minimum atomic E-state index is 0.413. The second-order valence-electron chi connectivity index (χ2n) is 5.13. The highest BCUT2D eigenvalue weighted by molar-refractivity contribution is 5.39. The average Bonchev–Trinajstić information content (AvgIpc) is 2.87. The van der Waals surface area contributed by atoms with E-state index in [-0.39, 0.29) is 0 Å². The summed E-state index contributed by atoms with van der Waals surface area (Å²) >= 11 is 0. The summed E-state index contributed by atoms with van der Waals surface area (Å²) in [6.45, 7) is 3.82. The third-order valence-corrected chi connectivity index (χ3v) is 3.75. The summed E-state index contributed by atoms with van der Waals surface area (Å²) in [4.78, 5) is 0. The molecule has 0 spiro atoms. The van der Waals surface area contributed by atoms with E-state index in [2.05, 4.69) is 23.5 Å². The molecule has 3 nitrogen and oxygen atoms in total. The molecule has 1 unspecified atom stereocenters. The molecule has 2 heterocycles. The summed E-state index contributed by atoms with van der Waals surface area (Å²) in [5.74, 6) is 1.07. The van der Waals surface area contributed by atoms with Crippen molar-refractivity contribution in [1.82, 2.24) is 5.32 Å². The molecule has 3 heteroatoms. The van der Waals surface area contributed by atoms with Gasteiger partial charge in [-0.1, -0.05) is 12.1 Å². The van der Waals surface area contributed by atoms with Crippen LogP contribution < -0.4 is 10.1 Å². The fraction of sp³-hybridized carbons (Fsp3) is 0.600. The summed E-state index contributed by atoms with van der Waals surface area (Å²) in [7, 11) is 0. The lowest BCUT2D eigenvalue weighted by atomic mass is 10.1. The van der Waals surface area contributed by atoms with Gasteiger partial charge < -0.3 is 14.8 Å². The minimum Gasteiger partial charge on any atom is -0.493 e. The molecule has 0 saturated carbocycles. The first-order chi connectivity index (χ1) is 8.92. The number of ether oxygens (including phenoxy) is 2. The molecular formula is C15H21NO2. The first-order valence-electron chi connectivity index (χ1n) is 6.99. The van der Waals surface area contributed by atoms with Crippen molar-refractivity contribution in [3.8, 4) is 5.75 Å². The first kappa shape index (κ1) is 12.0. The van der Waals surface area contributed by atoms with Gasteiger partial charge in [0.2, 0.25) is 0 Å². The van der Waals surface area contributed by atoms with Crippen molar-refractivity contribution in [2.75, 3.05) is 26.3 Å². The first-order valence-corrected chi connectivity index (χ1v) is 6.99. The quantitative estimate of drug-likeness (QED) is 0.882. The molecule has 1 fully saturated rings. The molecular weight excluding hydrogens is 226 g/mol. The van der Waals surface area contributed by atoms with Crippen LogP contribution in [0.2, 0.25) is 0 Å². The largest absolute Gasteiger partial charge is 0.493 e. The van der Waals surface area contributed by atoms with Gasteiger partial charge in [-0.3, -0.25) is 0 Å². The number of benzene rings is 1. The Balaban J connectivity index is 1.48. The lowest BCUT2D eigenvalue weighted by Gasteiger charge is -2.23. The van der Waals surface area contributed by atoms with Crippen molar-refractivity contribution in [3.05, 3.63) is 29.3 Å². The van der Waals surface area contributed by atoms with Crippen LogP contribution in [0.4, 0.5) is 0 Å². The predicted octanol–water partition coefficient (Wildman–Crippen LogP) is 1.93. The van der Waals surface area contributed by atoms with E-state index < -0.39 is 0 Å². The zero-order chi connectivity index (χ0) is 12.2. The molecule has 0 aliphatic carbocycles. The summed E-state index contributed by atoms with van der Waals surface area (Å²) in [5, 5.41) is 3.38. The third kappa shape index (κ3) is 2.85. The smallest absolute Gasteiger partial charge is 0.122 e. The van der Waals surface area contributed by atoms with Gasteiger partial charge in [-0.05, 0) is 43.0 Å². The van der Waals surface area contributed by atoms with Gasteiger partial charge in [-0.2, -0.15) is 0 Å². The van der Waals surface area contributed by atoms with Gasteiger partial charge in [-0.15, -0.1) is 0 Å². The van der Waals surface area contributed by atoms with E-state index in [4.69, 9.17) is 9.47 Å². The maximum Gasteiger partial charge on any atom is 0.122 e. The molecule has 1 atom stereocenters. The Hall–Kier alpha value is -1.06. The fourth-order valence-corrected chi connectivity index (χ4v) is 2.70. The summed E-state index contributed by atoms with van der Waals surface area (Å²) in [6, 6.07) is 6.53. The zero-order valence-corrected chi connectivity index (χ0v) is 10.8. The minimum absolute atomic E-state index is 0.413. The van der Waals surface area contributed by atoms with Gasteiger partial charge in [0.15, 0.2) is 0 Å². The Kier molecular flexibility index (Phi) is 3.81. The van der Waals surface area contributed by atoms with E-state index in [1.165, 1.54) is 24.0 Å². The Morgan fingerprint density at radius 1 is 1.39 bits per heavy atom. The average molecular weight is 247 g/mol. The van der Waals surface area contributed by atoms with Crippen LogP contribution >= 0.6 is 0 Å². The van der Waals surface area contributed by atoms with E-state index >= 15 is 0 Å². The molecule has 3 rings (SSSR count). The van der Waals surface area contributed by atoms with Gasteiger partial charge in [0.25, 0.3) is 0 Å². The molecule has 1 saturated heterocycles. The van der Waals surface area contributed by atoms with Crippen molar-refractivity contribution in [1.29, 1.82) is 0 Å². The zero-order valence-electron chi connectivity index (χ0n) is 10.8. The summed E-state index contributed by atoms with van der Waals surface area (Å²) in [5.41, 5.74) is 2.72. The second-order valence-corrected chi connectivity index (χ2v) is 5.13. The Bertz CT molecular complexity index is 399. The molecule has 0 amide bonds. The van der Waals surface area contributed by atoms with E-state index in [9.17, 15) is 0 Å². The highest BCUT2D eigenvalue weighted by Crippen LogP contribution is 2.26. The Labute approximate surface area is 108 Å². The van der Waals surface area contributed by atoms with E-state index in [1.807, 2.05) is 0 Å². The van der Waals surface area contributed by atoms with Crippen molar-refractivity contribution >= 4 is 0 Å². The van der Waals surface area contributed by atoms with E-state index in [0.29, 0.717) is 6.10 Å². The van der Waals surface area contributed by atoms with Gasteiger partial charge in [0.1, 0.15) is 5.75 Å². The van der Waals surface area contributed by atoms with Crippen LogP contribution in [0.1, 0.15) is 24.0 Å². The number of nitrogens with one attached hydrogen (secondary N) is 1. The van der Waals surface area contributed by atoms with Gasteiger partial charge in [-0.25, -0.2) is 0 Å². The van der Waals surface area contributed by atoms with E-state index in [1.54, 1.807) is 0 Å². The van der Waals surface area contributed by atoms with Crippen molar-refractivity contribution in [2.45, 2.75) is 31.8 Å². The van der Waals surface area contributed by atoms with Crippen LogP contribution in [0, 0.1) is 0 Å².